The van der Waals surface area contributed by atoms with Gasteiger partial charge in [0.05, 0.1) is 10.9 Å². The van der Waals surface area contributed by atoms with Gasteiger partial charge in [0, 0.05) is 19.0 Å². The van der Waals surface area contributed by atoms with E-state index in [9.17, 15) is 9.59 Å². The van der Waals surface area contributed by atoms with Crippen molar-refractivity contribution in [3.05, 3.63) is 42.2 Å². The minimum absolute atomic E-state index is 0.298. The average Bonchev–Trinajstić information content (AvgIpc) is 3.07. The molecule has 0 radical (unpaired) electrons. The minimum atomic E-state index is -0.407. The third-order valence-corrected chi connectivity index (χ3v) is 4.38. The summed E-state index contributed by atoms with van der Waals surface area (Å²) in [7, 11) is 3.01. The molecule has 0 aliphatic rings. The van der Waals surface area contributed by atoms with Gasteiger partial charge in [-0.2, -0.15) is 4.98 Å². The lowest BCUT2D eigenvalue weighted by atomic mass is 10.5. The molecule has 3 aromatic rings. The van der Waals surface area contributed by atoms with Crippen LogP contribution in [0.1, 0.15) is 4.88 Å². The lowest BCUT2D eigenvalue weighted by Gasteiger charge is -2.00. The first-order chi connectivity index (χ1) is 9.97. The maximum atomic E-state index is 12.0. The number of aromatic nitrogens is 4. The topological polar surface area (TPSA) is 84.7 Å². The molecular weight excluding hydrogens is 314 g/mol. The van der Waals surface area contributed by atoms with Crippen LogP contribution in [0.15, 0.2) is 21.7 Å². The number of fused-ring (bicyclic) bond motifs is 1. The van der Waals surface area contributed by atoms with Crippen LogP contribution in [0.4, 0.5) is 5.95 Å². The van der Waals surface area contributed by atoms with E-state index in [-0.39, 0.29) is 0 Å². The van der Waals surface area contributed by atoms with Crippen LogP contribution in [0.25, 0.3) is 11.2 Å². The van der Waals surface area contributed by atoms with Crippen molar-refractivity contribution in [2.24, 2.45) is 14.1 Å². The number of imidazole rings is 1. The quantitative estimate of drug-likeness (QED) is 0.760. The predicted molar refractivity (Wildman–Crippen MR) is 83.2 cm³/mol. The highest BCUT2D eigenvalue weighted by molar-refractivity contribution is 7.16. The van der Waals surface area contributed by atoms with Gasteiger partial charge >= 0.3 is 5.69 Å². The van der Waals surface area contributed by atoms with E-state index in [0.29, 0.717) is 28.0 Å². The van der Waals surface area contributed by atoms with Crippen LogP contribution in [0.2, 0.25) is 4.34 Å². The van der Waals surface area contributed by atoms with Crippen LogP contribution in [0, 0.1) is 0 Å². The van der Waals surface area contributed by atoms with Gasteiger partial charge in [-0.05, 0) is 12.1 Å². The van der Waals surface area contributed by atoms with Gasteiger partial charge in [0.25, 0.3) is 5.56 Å². The Labute approximate surface area is 127 Å². The smallest absolute Gasteiger partial charge is 0.332 e. The van der Waals surface area contributed by atoms with Crippen LogP contribution in [0.5, 0.6) is 0 Å². The van der Waals surface area contributed by atoms with Crippen LogP contribution >= 0.6 is 22.9 Å². The van der Waals surface area contributed by atoms with Crippen molar-refractivity contribution in [1.29, 1.82) is 0 Å². The first kappa shape index (κ1) is 13.9. The Kier molecular flexibility index (Phi) is 3.34. The fourth-order valence-corrected chi connectivity index (χ4v) is 3.05. The Morgan fingerprint density at radius 1 is 1.33 bits per heavy atom. The molecule has 0 aliphatic carbocycles. The highest BCUT2D eigenvalue weighted by Gasteiger charge is 2.13. The first-order valence-corrected chi connectivity index (χ1v) is 7.30. The summed E-state index contributed by atoms with van der Waals surface area (Å²) in [6.07, 6.45) is 0. The van der Waals surface area contributed by atoms with Crippen molar-refractivity contribution >= 4 is 40.0 Å². The number of aromatic amines is 1. The SMILES string of the molecule is Cn1c(=O)c2[nH]c(NCc3ccc(Cl)s3)nc2n(C)c1=O. The van der Waals surface area contributed by atoms with Crippen LogP contribution in [-0.2, 0) is 20.6 Å². The van der Waals surface area contributed by atoms with E-state index in [1.807, 2.05) is 12.1 Å². The zero-order valence-electron chi connectivity index (χ0n) is 11.3. The fourth-order valence-electron chi connectivity index (χ4n) is 2.03. The molecule has 0 saturated carbocycles. The van der Waals surface area contributed by atoms with Gasteiger partial charge in [-0.1, -0.05) is 11.6 Å². The number of H-pyrrole nitrogens is 1. The molecule has 7 nitrogen and oxygen atoms in total. The Hall–Kier alpha value is -2.06. The average molecular weight is 326 g/mol. The number of thiophene rings is 1. The van der Waals surface area contributed by atoms with Gasteiger partial charge in [-0.25, -0.2) is 4.79 Å². The number of hydrogen-bond donors (Lipinski definition) is 2. The number of nitrogens with zero attached hydrogens (tertiary/aromatic N) is 3. The second-order valence-electron chi connectivity index (χ2n) is 4.55. The Balaban J connectivity index is 1.98. The third kappa shape index (κ3) is 2.36. The van der Waals surface area contributed by atoms with Crippen LogP contribution in [0.3, 0.4) is 0 Å². The zero-order chi connectivity index (χ0) is 15.1. The van der Waals surface area contributed by atoms with Gasteiger partial charge in [-0.15, -0.1) is 11.3 Å². The molecule has 9 heteroatoms. The molecule has 0 aliphatic heterocycles. The second-order valence-corrected chi connectivity index (χ2v) is 6.35. The number of halogens is 1. The Morgan fingerprint density at radius 2 is 2.10 bits per heavy atom. The fraction of sp³-hybridized carbons (Fsp3) is 0.250. The maximum absolute atomic E-state index is 12.0. The molecule has 0 unspecified atom stereocenters. The first-order valence-electron chi connectivity index (χ1n) is 6.11. The number of hydrogen-bond acceptors (Lipinski definition) is 5. The highest BCUT2D eigenvalue weighted by Crippen LogP contribution is 2.22. The standard InChI is InChI=1S/C12H12ClN5O2S/c1-17-9-8(10(19)18(2)12(17)20)15-11(16-9)14-5-6-3-4-7(13)21-6/h3-4H,5H2,1-2H3,(H2,14,15,16). The van der Waals surface area contributed by atoms with E-state index in [1.165, 1.54) is 23.0 Å². The van der Waals surface area contributed by atoms with E-state index in [4.69, 9.17) is 11.6 Å². The molecule has 3 rings (SSSR count). The predicted octanol–water partition coefficient (Wildman–Crippen LogP) is 1.29. The van der Waals surface area contributed by atoms with E-state index >= 15 is 0 Å². The molecule has 2 N–H and O–H groups in total. The van der Waals surface area contributed by atoms with E-state index in [2.05, 4.69) is 15.3 Å². The summed E-state index contributed by atoms with van der Waals surface area (Å²) in [5.41, 5.74) is -0.176. The Morgan fingerprint density at radius 3 is 2.76 bits per heavy atom. The normalized spacial score (nSPS) is 11.2. The summed E-state index contributed by atoms with van der Waals surface area (Å²) < 4.78 is 3.09. The number of aryl methyl sites for hydroxylation is 1. The summed E-state index contributed by atoms with van der Waals surface area (Å²) in [5, 5.41) is 3.08. The second kappa shape index (κ2) is 5.05. The summed E-state index contributed by atoms with van der Waals surface area (Å²) in [5.74, 6) is 0.438. The molecule has 0 aromatic carbocycles. The molecule has 0 atom stereocenters. The van der Waals surface area contributed by atoms with Gasteiger partial charge in [-0.3, -0.25) is 13.9 Å². The summed E-state index contributed by atoms with van der Waals surface area (Å²) in [6, 6.07) is 3.73. The monoisotopic (exact) mass is 325 g/mol. The van der Waals surface area contributed by atoms with Crippen molar-refractivity contribution in [3.63, 3.8) is 0 Å². The molecule has 0 spiro atoms. The van der Waals surface area contributed by atoms with E-state index < -0.39 is 11.2 Å². The van der Waals surface area contributed by atoms with E-state index in [0.717, 1.165) is 9.44 Å². The molecule has 3 aromatic heterocycles. The molecule has 3 heterocycles. The molecule has 0 bridgehead atoms. The lowest BCUT2D eigenvalue weighted by Crippen LogP contribution is -2.36. The zero-order valence-corrected chi connectivity index (χ0v) is 12.9. The van der Waals surface area contributed by atoms with Gasteiger partial charge < -0.3 is 10.3 Å². The number of rotatable bonds is 3. The Bertz CT molecular complexity index is 935. The van der Waals surface area contributed by atoms with Crippen LogP contribution in [-0.4, -0.2) is 19.1 Å². The van der Waals surface area contributed by atoms with Crippen molar-refractivity contribution in [2.75, 3.05) is 5.32 Å². The van der Waals surface area contributed by atoms with E-state index in [1.54, 1.807) is 7.05 Å². The van der Waals surface area contributed by atoms with Gasteiger partial charge in [0.1, 0.15) is 0 Å². The number of anilines is 1. The molecule has 0 amide bonds. The summed E-state index contributed by atoms with van der Waals surface area (Å²) >= 11 is 7.33. The van der Waals surface area contributed by atoms with Crippen molar-refractivity contribution < 1.29 is 0 Å². The molecular formula is C12H12ClN5O2S. The lowest BCUT2D eigenvalue weighted by molar-refractivity contribution is 0.709. The van der Waals surface area contributed by atoms with Crippen molar-refractivity contribution in [2.45, 2.75) is 6.54 Å². The third-order valence-electron chi connectivity index (χ3n) is 3.15. The van der Waals surface area contributed by atoms with Crippen LogP contribution < -0.4 is 16.6 Å². The van der Waals surface area contributed by atoms with Crippen molar-refractivity contribution in [3.8, 4) is 0 Å². The number of nitrogens with one attached hydrogen (secondary N) is 2. The molecule has 21 heavy (non-hydrogen) atoms. The molecule has 0 fully saturated rings. The van der Waals surface area contributed by atoms with Crippen molar-refractivity contribution in [1.82, 2.24) is 19.1 Å². The maximum Gasteiger partial charge on any atom is 0.332 e. The molecule has 0 saturated heterocycles. The summed E-state index contributed by atoms with van der Waals surface area (Å²) in [4.78, 5) is 32.1. The summed E-state index contributed by atoms with van der Waals surface area (Å²) in [6.45, 7) is 0.533. The van der Waals surface area contributed by atoms with Gasteiger partial charge in [0.2, 0.25) is 5.95 Å². The molecule has 110 valence electrons. The van der Waals surface area contributed by atoms with Gasteiger partial charge in [0.15, 0.2) is 11.2 Å². The highest BCUT2D eigenvalue weighted by atomic mass is 35.5. The minimum Gasteiger partial charge on any atom is -0.351 e. The largest absolute Gasteiger partial charge is 0.351 e.